The average molecular weight is 120 g/mol. The van der Waals surface area contributed by atoms with E-state index in [9.17, 15) is 0 Å². The molecule has 1 fully saturated rings. The summed E-state index contributed by atoms with van der Waals surface area (Å²) in [7, 11) is 0. The van der Waals surface area contributed by atoms with Crippen molar-refractivity contribution in [1.82, 2.24) is 0 Å². The maximum atomic E-state index is 2.35. The second-order valence-corrected chi connectivity index (χ2v) is 3.05. The van der Waals surface area contributed by atoms with Crippen molar-refractivity contribution in [2.75, 3.05) is 0 Å². The molecule has 9 heavy (non-hydrogen) atoms. The van der Waals surface area contributed by atoms with Crippen LogP contribution >= 0.6 is 0 Å². The van der Waals surface area contributed by atoms with Crippen LogP contribution in [0.1, 0.15) is 19.3 Å². The van der Waals surface area contributed by atoms with Gasteiger partial charge in [0.05, 0.1) is 0 Å². The lowest BCUT2D eigenvalue weighted by Gasteiger charge is -1.93. The minimum atomic E-state index is 0.954. The van der Waals surface area contributed by atoms with E-state index in [4.69, 9.17) is 0 Å². The summed E-state index contributed by atoms with van der Waals surface area (Å²) in [5.41, 5.74) is 0. The van der Waals surface area contributed by atoms with Gasteiger partial charge in [-0.1, -0.05) is 24.3 Å². The van der Waals surface area contributed by atoms with Gasteiger partial charge in [0.25, 0.3) is 0 Å². The fourth-order valence-electron chi connectivity index (χ4n) is 1.53. The third-order valence-corrected chi connectivity index (χ3v) is 2.29. The first-order valence-electron chi connectivity index (χ1n) is 3.80. The lowest BCUT2D eigenvalue weighted by Crippen LogP contribution is -1.80. The largest absolute Gasteiger partial charge is 0.0845 e. The van der Waals surface area contributed by atoms with Crippen molar-refractivity contribution in [3.05, 3.63) is 24.3 Å². The maximum Gasteiger partial charge on any atom is -0.0199 e. The smallest absolute Gasteiger partial charge is 0.0199 e. The summed E-state index contributed by atoms with van der Waals surface area (Å²) in [6.07, 6.45) is 13.2. The molecule has 0 aromatic rings. The lowest BCUT2D eigenvalue weighted by molar-refractivity contribution is 0.705. The molecule has 0 saturated heterocycles. The van der Waals surface area contributed by atoms with Gasteiger partial charge in [-0.15, -0.1) is 0 Å². The predicted octanol–water partition coefficient (Wildman–Crippen LogP) is 2.53. The fraction of sp³-hybridized carbons (Fsp3) is 0.556. The van der Waals surface area contributed by atoms with Crippen LogP contribution < -0.4 is 0 Å². The quantitative estimate of drug-likeness (QED) is 0.461. The zero-order chi connectivity index (χ0) is 6.10. The van der Waals surface area contributed by atoms with Gasteiger partial charge in [-0.2, -0.15) is 0 Å². The number of hydrogen-bond donors (Lipinski definition) is 0. The molecule has 2 atom stereocenters. The molecular formula is C9H12. The molecule has 1 saturated carbocycles. The molecule has 48 valence electrons. The van der Waals surface area contributed by atoms with Gasteiger partial charge in [0.15, 0.2) is 0 Å². The van der Waals surface area contributed by atoms with Crippen LogP contribution in [0.15, 0.2) is 24.3 Å². The molecule has 0 aromatic heterocycles. The summed E-state index contributed by atoms with van der Waals surface area (Å²) in [4.78, 5) is 0. The van der Waals surface area contributed by atoms with Crippen molar-refractivity contribution < 1.29 is 0 Å². The molecule has 0 N–H and O–H groups in total. The minimum Gasteiger partial charge on any atom is -0.0845 e. The van der Waals surface area contributed by atoms with Gasteiger partial charge >= 0.3 is 0 Å². The standard InChI is InChI=1S/C9H12/c1-2-4-6-9-7-8(9)5-3-1/h1-3,5,8-9H,4,6-7H2/t8-,9+/m0/s1. The van der Waals surface area contributed by atoms with Crippen molar-refractivity contribution in [3.8, 4) is 0 Å². The first-order chi connectivity index (χ1) is 4.47. The SMILES string of the molecule is C1=CCC[C@@H]2C[C@@H]2C=C1. The second-order valence-electron chi connectivity index (χ2n) is 3.05. The van der Waals surface area contributed by atoms with Crippen LogP contribution in [-0.2, 0) is 0 Å². The summed E-state index contributed by atoms with van der Waals surface area (Å²) in [5, 5.41) is 0. The molecule has 0 bridgehead atoms. The third kappa shape index (κ3) is 1.07. The highest BCUT2D eigenvalue weighted by Crippen LogP contribution is 2.43. The Hall–Kier alpha value is -0.520. The van der Waals surface area contributed by atoms with Crippen molar-refractivity contribution >= 4 is 0 Å². The van der Waals surface area contributed by atoms with E-state index < -0.39 is 0 Å². The van der Waals surface area contributed by atoms with Crippen LogP contribution in [0, 0.1) is 11.8 Å². The normalized spacial score (nSPS) is 39.1. The van der Waals surface area contributed by atoms with Crippen LogP contribution in [0.3, 0.4) is 0 Å². The zero-order valence-electron chi connectivity index (χ0n) is 5.59. The van der Waals surface area contributed by atoms with Crippen LogP contribution in [0.2, 0.25) is 0 Å². The molecule has 0 spiro atoms. The molecule has 0 heterocycles. The average Bonchev–Trinajstić information content (AvgIpc) is 2.46. The van der Waals surface area contributed by atoms with Gasteiger partial charge in [0.2, 0.25) is 0 Å². The fourth-order valence-corrected chi connectivity index (χ4v) is 1.53. The van der Waals surface area contributed by atoms with E-state index in [-0.39, 0.29) is 0 Å². The topological polar surface area (TPSA) is 0 Å². The summed E-state index contributed by atoms with van der Waals surface area (Å²) in [6, 6.07) is 0. The molecule has 2 rings (SSSR count). The number of fused-ring (bicyclic) bond motifs is 1. The Bertz CT molecular complexity index is 153. The van der Waals surface area contributed by atoms with E-state index in [0.29, 0.717) is 0 Å². The summed E-state index contributed by atoms with van der Waals surface area (Å²) >= 11 is 0. The van der Waals surface area contributed by atoms with Gasteiger partial charge in [-0.3, -0.25) is 0 Å². The van der Waals surface area contributed by atoms with Crippen molar-refractivity contribution in [3.63, 3.8) is 0 Å². The van der Waals surface area contributed by atoms with Crippen molar-refractivity contribution in [1.29, 1.82) is 0 Å². The van der Waals surface area contributed by atoms with Crippen LogP contribution in [0.4, 0.5) is 0 Å². The van der Waals surface area contributed by atoms with E-state index in [0.717, 1.165) is 11.8 Å². The first kappa shape index (κ1) is 5.28. The van der Waals surface area contributed by atoms with Gasteiger partial charge in [-0.05, 0) is 31.1 Å². The van der Waals surface area contributed by atoms with Crippen LogP contribution in [0.5, 0.6) is 0 Å². The number of rotatable bonds is 0. The number of allylic oxidation sites excluding steroid dienone is 4. The molecular weight excluding hydrogens is 108 g/mol. The van der Waals surface area contributed by atoms with E-state index in [1.54, 1.807) is 0 Å². The molecule has 0 amide bonds. The van der Waals surface area contributed by atoms with Gasteiger partial charge < -0.3 is 0 Å². The summed E-state index contributed by atoms with van der Waals surface area (Å²) in [6.45, 7) is 0. The van der Waals surface area contributed by atoms with Crippen molar-refractivity contribution in [2.24, 2.45) is 11.8 Å². The third-order valence-electron chi connectivity index (χ3n) is 2.29. The Labute approximate surface area is 56.3 Å². The monoisotopic (exact) mass is 120 g/mol. The molecule has 0 aliphatic heterocycles. The summed E-state index contributed by atoms with van der Waals surface area (Å²) < 4.78 is 0. The number of hydrogen-bond acceptors (Lipinski definition) is 0. The predicted molar refractivity (Wildman–Crippen MR) is 39.1 cm³/mol. The molecule has 0 nitrogen and oxygen atoms in total. The highest BCUT2D eigenvalue weighted by molar-refractivity contribution is 5.12. The van der Waals surface area contributed by atoms with Crippen LogP contribution in [-0.4, -0.2) is 0 Å². The Morgan fingerprint density at radius 1 is 1.22 bits per heavy atom. The molecule has 0 heteroatoms. The highest BCUT2D eigenvalue weighted by Gasteiger charge is 2.33. The van der Waals surface area contributed by atoms with Gasteiger partial charge in [0, 0.05) is 0 Å². The second kappa shape index (κ2) is 2.02. The zero-order valence-corrected chi connectivity index (χ0v) is 5.59. The van der Waals surface area contributed by atoms with Crippen molar-refractivity contribution in [2.45, 2.75) is 19.3 Å². The Morgan fingerprint density at radius 2 is 2.22 bits per heavy atom. The minimum absolute atomic E-state index is 0.954. The summed E-state index contributed by atoms with van der Waals surface area (Å²) in [5.74, 6) is 2.00. The molecule has 2 aliphatic carbocycles. The maximum absolute atomic E-state index is 2.35. The highest BCUT2D eigenvalue weighted by atomic mass is 14.4. The molecule has 0 unspecified atom stereocenters. The molecule has 2 aliphatic rings. The Kier molecular flexibility index (Phi) is 1.18. The Balaban J connectivity index is 2.05. The van der Waals surface area contributed by atoms with Gasteiger partial charge in [-0.25, -0.2) is 0 Å². The van der Waals surface area contributed by atoms with E-state index in [1.165, 1.54) is 19.3 Å². The lowest BCUT2D eigenvalue weighted by atomic mass is 10.1. The van der Waals surface area contributed by atoms with Crippen LogP contribution in [0.25, 0.3) is 0 Å². The van der Waals surface area contributed by atoms with E-state index in [1.807, 2.05) is 0 Å². The van der Waals surface area contributed by atoms with Gasteiger partial charge in [0.1, 0.15) is 0 Å². The Morgan fingerprint density at radius 3 is 3.22 bits per heavy atom. The molecule has 0 radical (unpaired) electrons. The van der Waals surface area contributed by atoms with E-state index in [2.05, 4.69) is 24.3 Å². The van der Waals surface area contributed by atoms with E-state index >= 15 is 0 Å². The first-order valence-corrected chi connectivity index (χ1v) is 3.80. The molecule has 0 aromatic carbocycles.